The van der Waals surface area contributed by atoms with Crippen molar-refractivity contribution in [3.8, 4) is 0 Å². The molecule has 0 saturated carbocycles. The zero-order valence-corrected chi connectivity index (χ0v) is 12.4. The van der Waals surface area contributed by atoms with E-state index in [4.69, 9.17) is 5.73 Å². The number of rotatable bonds is 4. The highest BCUT2D eigenvalue weighted by Crippen LogP contribution is 2.20. The number of carbonyl (C=O) groups excluding carboxylic acids is 2. The maximum absolute atomic E-state index is 12.4. The molecule has 1 aliphatic rings. The molecule has 1 aliphatic heterocycles. The zero-order chi connectivity index (χ0) is 15.2. The number of hydrogen-bond donors (Lipinski definition) is 2. The second-order valence-corrected chi connectivity index (χ2v) is 5.59. The molecule has 1 fully saturated rings. The Labute approximate surface area is 125 Å². The molecule has 5 nitrogen and oxygen atoms in total. The highest BCUT2D eigenvalue weighted by Gasteiger charge is 2.26. The Kier molecular flexibility index (Phi) is 5.33. The molecule has 1 heterocycles. The van der Waals surface area contributed by atoms with E-state index < -0.39 is 6.04 Å². The van der Waals surface area contributed by atoms with E-state index in [-0.39, 0.29) is 11.8 Å². The summed E-state index contributed by atoms with van der Waals surface area (Å²) in [6, 6.07) is 8.87. The van der Waals surface area contributed by atoms with Crippen molar-refractivity contribution in [3.05, 3.63) is 35.9 Å². The quantitative estimate of drug-likeness (QED) is 0.870. The van der Waals surface area contributed by atoms with Crippen LogP contribution in [0.25, 0.3) is 0 Å². The number of nitrogens with one attached hydrogen (secondary N) is 1. The molecule has 1 aromatic carbocycles. The van der Waals surface area contributed by atoms with Gasteiger partial charge >= 0.3 is 0 Å². The van der Waals surface area contributed by atoms with E-state index in [1.165, 1.54) is 6.92 Å². The first-order valence-electron chi connectivity index (χ1n) is 7.41. The molecule has 21 heavy (non-hydrogen) atoms. The highest BCUT2D eigenvalue weighted by atomic mass is 16.2. The largest absolute Gasteiger partial charge is 0.356 e. The van der Waals surface area contributed by atoms with Crippen LogP contribution in [-0.4, -0.2) is 36.3 Å². The predicted octanol–water partition coefficient (Wildman–Crippen LogP) is 1.06. The first-order chi connectivity index (χ1) is 10.1. The molecule has 0 aliphatic carbocycles. The van der Waals surface area contributed by atoms with Crippen molar-refractivity contribution < 1.29 is 9.59 Å². The van der Waals surface area contributed by atoms with Crippen LogP contribution in [0.5, 0.6) is 0 Å². The molecule has 0 aromatic heterocycles. The van der Waals surface area contributed by atoms with Gasteiger partial charge in [0.15, 0.2) is 0 Å². The van der Waals surface area contributed by atoms with Gasteiger partial charge in [-0.25, -0.2) is 0 Å². The van der Waals surface area contributed by atoms with E-state index >= 15 is 0 Å². The first-order valence-corrected chi connectivity index (χ1v) is 7.41. The molecule has 114 valence electrons. The van der Waals surface area contributed by atoms with Gasteiger partial charge in [-0.2, -0.15) is 0 Å². The van der Waals surface area contributed by atoms with Gasteiger partial charge in [0.2, 0.25) is 11.8 Å². The van der Waals surface area contributed by atoms with Crippen molar-refractivity contribution in [2.24, 2.45) is 11.7 Å². The van der Waals surface area contributed by atoms with Gasteiger partial charge in [-0.15, -0.1) is 0 Å². The number of nitrogens with two attached hydrogens (primary N) is 1. The zero-order valence-electron chi connectivity index (χ0n) is 12.4. The van der Waals surface area contributed by atoms with E-state index in [1.807, 2.05) is 35.2 Å². The minimum absolute atomic E-state index is 0.000365. The van der Waals surface area contributed by atoms with Crippen LogP contribution < -0.4 is 11.1 Å². The number of carbonyl (C=O) groups is 2. The van der Waals surface area contributed by atoms with Crippen LogP contribution in [0.15, 0.2) is 30.3 Å². The summed E-state index contributed by atoms with van der Waals surface area (Å²) in [5.74, 6) is 0.435. The third-order valence-electron chi connectivity index (χ3n) is 3.99. The average molecular weight is 289 g/mol. The van der Waals surface area contributed by atoms with Crippen LogP contribution >= 0.6 is 0 Å². The number of nitrogens with zero attached hydrogens (tertiary/aromatic N) is 1. The smallest absolute Gasteiger partial charge is 0.244 e. The Hall–Kier alpha value is -1.88. The molecule has 3 N–H and O–H groups in total. The number of benzene rings is 1. The number of likely N-dealkylation sites (tertiary alicyclic amines) is 1. The van der Waals surface area contributed by atoms with Gasteiger partial charge < -0.3 is 16.0 Å². The highest BCUT2D eigenvalue weighted by molar-refractivity contribution is 5.83. The molecule has 1 saturated heterocycles. The summed E-state index contributed by atoms with van der Waals surface area (Å²) in [6.45, 7) is 3.65. The fraction of sp³-hybridized carbons (Fsp3) is 0.500. The maximum atomic E-state index is 12.4. The van der Waals surface area contributed by atoms with Crippen molar-refractivity contribution in [2.75, 3.05) is 19.6 Å². The Morgan fingerprint density at radius 3 is 2.48 bits per heavy atom. The minimum Gasteiger partial charge on any atom is -0.356 e. The van der Waals surface area contributed by atoms with Crippen LogP contribution in [-0.2, 0) is 9.59 Å². The fourth-order valence-corrected chi connectivity index (χ4v) is 2.65. The summed E-state index contributed by atoms with van der Waals surface area (Å²) in [7, 11) is 0. The van der Waals surface area contributed by atoms with Gasteiger partial charge in [-0.3, -0.25) is 9.59 Å². The summed E-state index contributed by atoms with van der Waals surface area (Å²) < 4.78 is 0. The second-order valence-electron chi connectivity index (χ2n) is 5.59. The lowest BCUT2D eigenvalue weighted by Crippen LogP contribution is -2.44. The third kappa shape index (κ3) is 4.29. The van der Waals surface area contributed by atoms with Crippen molar-refractivity contribution in [2.45, 2.75) is 25.8 Å². The van der Waals surface area contributed by atoms with E-state index in [1.54, 1.807) is 0 Å². The van der Waals surface area contributed by atoms with Crippen molar-refractivity contribution in [3.63, 3.8) is 0 Å². The summed E-state index contributed by atoms with van der Waals surface area (Å²) in [5.41, 5.74) is 6.90. The molecule has 0 spiro atoms. The Bertz CT molecular complexity index is 482. The summed E-state index contributed by atoms with van der Waals surface area (Å²) in [5, 5.41) is 2.84. The fourth-order valence-electron chi connectivity index (χ4n) is 2.65. The van der Waals surface area contributed by atoms with Crippen LogP contribution in [0.3, 0.4) is 0 Å². The lowest BCUT2D eigenvalue weighted by molar-refractivity contribution is -0.134. The van der Waals surface area contributed by atoms with Crippen LogP contribution in [0.1, 0.15) is 31.4 Å². The Balaban J connectivity index is 1.84. The Morgan fingerprint density at radius 2 is 1.90 bits per heavy atom. The van der Waals surface area contributed by atoms with Crippen LogP contribution in [0.2, 0.25) is 0 Å². The van der Waals surface area contributed by atoms with E-state index in [0.717, 1.165) is 18.4 Å². The maximum Gasteiger partial charge on any atom is 0.244 e. The van der Waals surface area contributed by atoms with Crippen LogP contribution in [0.4, 0.5) is 0 Å². The van der Waals surface area contributed by atoms with E-state index in [9.17, 15) is 9.59 Å². The number of hydrogen-bond acceptors (Lipinski definition) is 3. The molecular weight excluding hydrogens is 266 g/mol. The monoisotopic (exact) mass is 289 g/mol. The second kappa shape index (κ2) is 7.22. The lowest BCUT2D eigenvalue weighted by atomic mass is 9.95. The molecular formula is C16H23N3O2. The topological polar surface area (TPSA) is 75.4 Å². The minimum atomic E-state index is -0.585. The van der Waals surface area contributed by atoms with Gasteiger partial charge in [-0.1, -0.05) is 30.3 Å². The van der Waals surface area contributed by atoms with Crippen LogP contribution in [0, 0.1) is 5.92 Å². The van der Waals surface area contributed by atoms with Gasteiger partial charge in [0.25, 0.3) is 0 Å². The molecule has 0 radical (unpaired) electrons. The van der Waals surface area contributed by atoms with Crippen molar-refractivity contribution in [1.82, 2.24) is 10.2 Å². The molecule has 1 aromatic rings. The van der Waals surface area contributed by atoms with Crippen molar-refractivity contribution in [1.29, 1.82) is 0 Å². The van der Waals surface area contributed by atoms with E-state index in [0.29, 0.717) is 25.6 Å². The number of amides is 2. The first kappa shape index (κ1) is 15.5. The van der Waals surface area contributed by atoms with Gasteiger partial charge in [-0.05, 0) is 24.3 Å². The Morgan fingerprint density at radius 1 is 1.29 bits per heavy atom. The average Bonchev–Trinajstić information content (AvgIpc) is 2.53. The van der Waals surface area contributed by atoms with E-state index in [2.05, 4.69) is 5.32 Å². The molecule has 0 unspecified atom stereocenters. The number of piperidine rings is 1. The normalized spacial score (nSPS) is 17.3. The van der Waals surface area contributed by atoms with Gasteiger partial charge in [0, 0.05) is 26.6 Å². The lowest BCUT2D eigenvalue weighted by Gasteiger charge is -2.33. The summed E-state index contributed by atoms with van der Waals surface area (Å²) in [4.78, 5) is 25.2. The molecule has 2 amide bonds. The third-order valence-corrected chi connectivity index (χ3v) is 3.99. The molecule has 5 heteroatoms. The predicted molar refractivity (Wildman–Crippen MR) is 81.4 cm³/mol. The standard InChI is InChI=1S/C16H23N3O2/c1-12(20)18-11-13-7-9-19(10-8-13)16(21)15(17)14-5-3-2-4-6-14/h2-6,13,15H,7-11,17H2,1H3,(H,18,20)/t15-/m0/s1. The van der Waals surface area contributed by atoms with Crippen molar-refractivity contribution >= 4 is 11.8 Å². The van der Waals surface area contributed by atoms with Gasteiger partial charge in [0.05, 0.1) is 0 Å². The summed E-state index contributed by atoms with van der Waals surface area (Å²) >= 11 is 0. The molecule has 0 bridgehead atoms. The van der Waals surface area contributed by atoms with Gasteiger partial charge in [0.1, 0.15) is 6.04 Å². The summed E-state index contributed by atoms with van der Waals surface area (Å²) in [6.07, 6.45) is 1.82. The SMILES string of the molecule is CC(=O)NCC1CCN(C(=O)[C@@H](N)c2ccccc2)CC1. The molecule has 2 rings (SSSR count). The molecule has 1 atom stereocenters.